The molecule has 25 heavy (non-hydrogen) atoms. The first-order valence-corrected chi connectivity index (χ1v) is 8.83. The standard InChI is InChI=1S/C19H19N3O2S/c1-13-18(14-6-4-3-5-7-14)22-19(20-13)25-12-17(23)21-15-8-10-16(24-2)11-9-15/h3-11H,12H2,1-2H3,(H,20,22)(H,21,23). The van der Waals surface area contributed by atoms with Crippen molar-refractivity contribution in [3.63, 3.8) is 0 Å². The molecule has 5 nitrogen and oxygen atoms in total. The summed E-state index contributed by atoms with van der Waals surface area (Å²) < 4.78 is 5.10. The Bertz CT molecular complexity index is 845. The SMILES string of the molecule is COc1ccc(NC(=O)CSc2nc(-c3ccccc3)c(C)[nH]2)cc1. The average Bonchev–Trinajstić information content (AvgIpc) is 3.02. The number of H-pyrrole nitrogens is 1. The van der Waals surface area contributed by atoms with E-state index in [1.165, 1.54) is 11.8 Å². The minimum absolute atomic E-state index is 0.0783. The van der Waals surface area contributed by atoms with Crippen LogP contribution >= 0.6 is 11.8 Å². The Morgan fingerprint density at radius 3 is 2.56 bits per heavy atom. The van der Waals surface area contributed by atoms with E-state index in [4.69, 9.17) is 4.74 Å². The van der Waals surface area contributed by atoms with E-state index in [1.807, 2.05) is 61.5 Å². The maximum Gasteiger partial charge on any atom is 0.234 e. The van der Waals surface area contributed by atoms with Crippen LogP contribution < -0.4 is 10.1 Å². The van der Waals surface area contributed by atoms with Crippen molar-refractivity contribution < 1.29 is 9.53 Å². The summed E-state index contributed by atoms with van der Waals surface area (Å²) in [6.07, 6.45) is 0. The molecule has 0 radical (unpaired) electrons. The molecular weight excluding hydrogens is 334 g/mol. The third-order valence-electron chi connectivity index (χ3n) is 3.62. The van der Waals surface area contributed by atoms with Crippen molar-refractivity contribution in [2.75, 3.05) is 18.2 Å². The van der Waals surface area contributed by atoms with Gasteiger partial charge in [0.1, 0.15) is 5.75 Å². The summed E-state index contributed by atoms with van der Waals surface area (Å²) in [7, 11) is 1.61. The Morgan fingerprint density at radius 2 is 1.88 bits per heavy atom. The van der Waals surface area contributed by atoms with Crippen molar-refractivity contribution in [1.29, 1.82) is 0 Å². The molecule has 3 aromatic rings. The number of amides is 1. The van der Waals surface area contributed by atoms with Crippen molar-refractivity contribution >= 4 is 23.4 Å². The number of aryl methyl sites for hydroxylation is 1. The van der Waals surface area contributed by atoms with Gasteiger partial charge in [-0.15, -0.1) is 0 Å². The first-order valence-electron chi connectivity index (χ1n) is 7.84. The lowest BCUT2D eigenvalue weighted by atomic mass is 10.1. The zero-order chi connectivity index (χ0) is 17.6. The van der Waals surface area contributed by atoms with E-state index >= 15 is 0 Å². The maximum atomic E-state index is 12.1. The highest BCUT2D eigenvalue weighted by atomic mass is 32.2. The second-order valence-electron chi connectivity index (χ2n) is 5.45. The highest BCUT2D eigenvalue weighted by molar-refractivity contribution is 7.99. The Kier molecular flexibility index (Phi) is 5.40. The topological polar surface area (TPSA) is 67.0 Å². The van der Waals surface area contributed by atoms with Crippen LogP contribution in [0.5, 0.6) is 5.75 Å². The second kappa shape index (κ2) is 7.90. The molecule has 2 N–H and O–H groups in total. The zero-order valence-electron chi connectivity index (χ0n) is 14.1. The molecule has 0 bridgehead atoms. The Morgan fingerprint density at radius 1 is 1.16 bits per heavy atom. The predicted octanol–water partition coefficient (Wildman–Crippen LogP) is 4.12. The number of carbonyl (C=O) groups is 1. The third-order valence-corrected chi connectivity index (χ3v) is 4.50. The number of nitrogens with zero attached hydrogens (tertiary/aromatic N) is 1. The van der Waals surface area contributed by atoms with E-state index in [0.29, 0.717) is 0 Å². The molecule has 0 unspecified atom stereocenters. The number of thioether (sulfide) groups is 1. The number of benzene rings is 2. The van der Waals surface area contributed by atoms with Crippen LogP contribution in [0.1, 0.15) is 5.69 Å². The Labute approximate surface area is 150 Å². The molecule has 1 aromatic heterocycles. The molecule has 0 aliphatic carbocycles. The van der Waals surface area contributed by atoms with Gasteiger partial charge in [-0.25, -0.2) is 4.98 Å². The predicted molar refractivity (Wildman–Crippen MR) is 101 cm³/mol. The molecule has 0 saturated heterocycles. The normalized spacial score (nSPS) is 10.5. The number of aromatic amines is 1. The smallest absolute Gasteiger partial charge is 0.234 e. The molecule has 0 saturated carbocycles. The number of anilines is 1. The van der Waals surface area contributed by atoms with Crippen molar-refractivity contribution in [1.82, 2.24) is 9.97 Å². The van der Waals surface area contributed by atoms with E-state index in [0.717, 1.165) is 33.5 Å². The van der Waals surface area contributed by atoms with E-state index in [9.17, 15) is 4.79 Å². The van der Waals surface area contributed by atoms with Crippen molar-refractivity contribution in [2.24, 2.45) is 0 Å². The van der Waals surface area contributed by atoms with Gasteiger partial charge < -0.3 is 15.0 Å². The van der Waals surface area contributed by atoms with Crippen LogP contribution in [0.15, 0.2) is 59.8 Å². The van der Waals surface area contributed by atoms with Gasteiger partial charge in [0, 0.05) is 16.9 Å². The summed E-state index contributed by atoms with van der Waals surface area (Å²) in [6.45, 7) is 1.98. The third kappa shape index (κ3) is 4.42. The number of hydrogen-bond donors (Lipinski definition) is 2. The lowest BCUT2D eigenvalue weighted by Gasteiger charge is -2.05. The van der Waals surface area contributed by atoms with E-state index in [1.54, 1.807) is 7.11 Å². The molecule has 6 heteroatoms. The average molecular weight is 353 g/mol. The van der Waals surface area contributed by atoms with Crippen LogP contribution in [0, 0.1) is 6.92 Å². The van der Waals surface area contributed by atoms with Crippen LogP contribution in [0.4, 0.5) is 5.69 Å². The Balaban J connectivity index is 1.59. The molecule has 1 heterocycles. The van der Waals surface area contributed by atoms with Crippen LogP contribution in [0.2, 0.25) is 0 Å². The van der Waals surface area contributed by atoms with Gasteiger partial charge in [0.05, 0.1) is 18.6 Å². The molecular formula is C19H19N3O2S. The molecule has 0 fully saturated rings. The molecule has 0 aliphatic rings. The van der Waals surface area contributed by atoms with Crippen LogP contribution in [0.3, 0.4) is 0 Å². The Hall–Kier alpha value is -2.73. The van der Waals surface area contributed by atoms with E-state index < -0.39 is 0 Å². The van der Waals surface area contributed by atoms with Crippen molar-refractivity contribution in [2.45, 2.75) is 12.1 Å². The number of methoxy groups -OCH3 is 1. The fraction of sp³-hybridized carbons (Fsp3) is 0.158. The maximum absolute atomic E-state index is 12.1. The van der Waals surface area contributed by atoms with Gasteiger partial charge >= 0.3 is 0 Å². The highest BCUT2D eigenvalue weighted by Crippen LogP contribution is 2.25. The van der Waals surface area contributed by atoms with Crippen LogP contribution in [-0.4, -0.2) is 28.7 Å². The number of ether oxygens (including phenoxy) is 1. The fourth-order valence-electron chi connectivity index (χ4n) is 2.38. The van der Waals surface area contributed by atoms with E-state index in [-0.39, 0.29) is 11.7 Å². The lowest BCUT2D eigenvalue weighted by Crippen LogP contribution is -2.14. The number of imidazole rings is 1. The molecule has 0 aliphatic heterocycles. The summed E-state index contributed by atoms with van der Waals surface area (Å²) >= 11 is 1.38. The quantitative estimate of drug-likeness (QED) is 0.654. The molecule has 128 valence electrons. The van der Waals surface area contributed by atoms with Gasteiger partial charge in [-0.1, -0.05) is 42.1 Å². The van der Waals surface area contributed by atoms with Gasteiger partial charge in [-0.05, 0) is 31.2 Å². The molecule has 1 amide bonds. The summed E-state index contributed by atoms with van der Waals surface area (Å²) in [5.41, 5.74) is 3.71. The van der Waals surface area contributed by atoms with E-state index in [2.05, 4.69) is 15.3 Å². The summed E-state index contributed by atoms with van der Waals surface area (Å²) in [6, 6.07) is 17.2. The highest BCUT2D eigenvalue weighted by Gasteiger charge is 2.11. The molecule has 0 spiro atoms. The monoisotopic (exact) mass is 353 g/mol. The lowest BCUT2D eigenvalue weighted by molar-refractivity contribution is -0.113. The number of rotatable bonds is 6. The van der Waals surface area contributed by atoms with Crippen molar-refractivity contribution in [3.8, 4) is 17.0 Å². The van der Waals surface area contributed by atoms with Gasteiger partial charge in [-0.3, -0.25) is 4.79 Å². The molecule has 3 rings (SSSR count). The van der Waals surface area contributed by atoms with Crippen LogP contribution in [-0.2, 0) is 4.79 Å². The van der Waals surface area contributed by atoms with Crippen molar-refractivity contribution in [3.05, 3.63) is 60.3 Å². The first kappa shape index (κ1) is 17.1. The largest absolute Gasteiger partial charge is 0.497 e. The van der Waals surface area contributed by atoms with Gasteiger partial charge in [0.2, 0.25) is 5.91 Å². The van der Waals surface area contributed by atoms with Gasteiger partial charge in [0.25, 0.3) is 0 Å². The minimum atomic E-state index is -0.0783. The van der Waals surface area contributed by atoms with Gasteiger partial charge in [-0.2, -0.15) is 0 Å². The number of hydrogen-bond acceptors (Lipinski definition) is 4. The fourth-order valence-corrected chi connectivity index (χ4v) is 3.10. The summed E-state index contributed by atoms with van der Waals surface area (Å²) in [5, 5.41) is 3.60. The first-order chi connectivity index (χ1) is 12.2. The molecule has 2 aromatic carbocycles. The minimum Gasteiger partial charge on any atom is -0.497 e. The summed E-state index contributed by atoms with van der Waals surface area (Å²) in [4.78, 5) is 19.9. The number of carbonyl (C=O) groups excluding carboxylic acids is 1. The second-order valence-corrected chi connectivity index (χ2v) is 6.41. The van der Waals surface area contributed by atoms with Crippen LogP contribution in [0.25, 0.3) is 11.3 Å². The zero-order valence-corrected chi connectivity index (χ0v) is 14.9. The number of aromatic nitrogens is 2. The van der Waals surface area contributed by atoms with Gasteiger partial charge in [0.15, 0.2) is 5.16 Å². The summed E-state index contributed by atoms with van der Waals surface area (Å²) in [5.74, 6) is 0.963. The number of nitrogens with one attached hydrogen (secondary N) is 2. The molecule has 0 atom stereocenters.